The Morgan fingerprint density at radius 2 is 1.11 bits per heavy atom. The van der Waals surface area contributed by atoms with Gasteiger partial charge in [0.05, 0.1) is 0 Å². The Labute approximate surface area is 316 Å². The molecule has 0 N–H and O–H groups in total. The van der Waals surface area contributed by atoms with Crippen LogP contribution in [0.5, 0.6) is 23.0 Å². The SMILES string of the molecule is CC1(C)c2ccccc2-c2c1ccc1c2Oc2ccc(-c3ccccc3-c3nc(-c4ccccc4)nc(-c4ccc5c(c4)sc4ccccc45)n3)cc2O1. The summed E-state index contributed by atoms with van der Waals surface area (Å²) < 4.78 is 15.8. The third-order valence-corrected chi connectivity index (χ3v) is 12.0. The van der Waals surface area contributed by atoms with E-state index in [1.807, 2.05) is 54.6 Å². The Hall–Kier alpha value is -6.63. The maximum absolute atomic E-state index is 6.70. The van der Waals surface area contributed by atoms with E-state index >= 15 is 0 Å². The molecule has 0 spiro atoms. The molecule has 5 nitrogen and oxygen atoms in total. The number of aromatic nitrogens is 3. The highest BCUT2D eigenvalue weighted by molar-refractivity contribution is 7.25. The molecule has 2 aliphatic rings. The second-order valence-corrected chi connectivity index (χ2v) is 15.5. The van der Waals surface area contributed by atoms with E-state index in [9.17, 15) is 0 Å². The normalized spacial score (nSPS) is 13.4. The first-order chi connectivity index (χ1) is 26.5. The maximum Gasteiger partial charge on any atom is 0.178 e. The molecular formula is C48H31N3O2S. The van der Waals surface area contributed by atoms with Crippen molar-refractivity contribution in [2.24, 2.45) is 0 Å². The average Bonchev–Trinajstić information content (AvgIpc) is 3.71. The largest absolute Gasteiger partial charge is 0.449 e. The Kier molecular flexibility index (Phi) is 6.70. The number of hydrogen-bond donors (Lipinski definition) is 0. The van der Waals surface area contributed by atoms with E-state index in [-0.39, 0.29) is 5.41 Å². The highest BCUT2D eigenvalue weighted by Gasteiger charge is 2.39. The smallest absolute Gasteiger partial charge is 0.178 e. The Balaban J connectivity index is 1.01. The predicted octanol–water partition coefficient (Wildman–Crippen LogP) is 13.1. The molecular weight excluding hydrogens is 683 g/mol. The number of hydrogen-bond acceptors (Lipinski definition) is 6. The highest BCUT2D eigenvalue weighted by Crippen LogP contribution is 2.58. The summed E-state index contributed by atoms with van der Waals surface area (Å²) in [6.07, 6.45) is 0. The van der Waals surface area contributed by atoms with Crippen LogP contribution in [-0.4, -0.2) is 15.0 Å². The number of nitrogens with zero attached hydrogens (tertiary/aromatic N) is 3. The summed E-state index contributed by atoms with van der Waals surface area (Å²) >= 11 is 1.79. The molecule has 0 fully saturated rings. The maximum atomic E-state index is 6.70. The van der Waals surface area contributed by atoms with Gasteiger partial charge in [-0.05, 0) is 58.1 Å². The van der Waals surface area contributed by atoms with E-state index in [0.717, 1.165) is 39.1 Å². The van der Waals surface area contributed by atoms with Crippen LogP contribution in [-0.2, 0) is 5.41 Å². The van der Waals surface area contributed by atoms with Crippen molar-refractivity contribution in [3.05, 3.63) is 163 Å². The van der Waals surface area contributed by atoms with E-state index in [1.54, 1.807) is 11.3 Å². The number of rotatable bonds is 4. The molecule has 0 atom stereocenters. The van der Waals surface area contributed by atoms with Crippen LogP contribution >= 0.6 is 11.3 Å². The first kappa shape index (κ1) is 30.9. The minimum atomic E-state index is -0.126. The summed E-state index contributed by atoms with van der Waals surface area (Å²) in [5.41, 5.74) is 9.45. The van der Waals surface area contributed by atoms with Crippen LogP contribution in [0.4, 0.5) is 0 Å². The second-order valence-electron chi connectivity index (χ2n) is 14.4. The van der Waals surface area contributed by atoms with Crippen LogP contribution in [0.1, 0.15) is 25.0 Å². The Morgan fingerprint density at radius 3 is 1.98 bits per heavy atom. The highest BCUT2D eigenvalue weighted by atomic mass is 32.1. The van der Waals surface area contributed by atoms with Crippen LogP contribution in [0.15, 0.2) is 152 Å². The van der Waals surface area contributed by atoms with Crippen molar-refractivity contribution in [2.75, 3.05) is 0 Å². The lowest BCUT2D eigenvalue weighted by atomic mass is 9.82. The van der Waals surface area contributed by atoms with E-state index in [0.29, 0.717) is 34.7 Å². The van der Waals surface area contributed by atoms with Crippen molar-refractivity contribution in [2.45, 2.75) is 19.3 Å². The molecule has 0 saturated carbocycles. The molecule has 0 saturated heterocycles. The van der Waals surface area contributed by atoms with Gasteiger partial charge in [0.2, 0.25) is 0 Å². The van der Waals surface area contributed by atoms with E-state index in [2.05, 4.69) is 111 Å². The van der Waals surface area contributed by atoms with E-state index in [4.69, 9.17) is 24.4 Å². The zero-order valence-corrected chi connectivity index (χ0v) is 30.3. The van der Waals surface area contributed by atoms with Gasteiger partial charge in [-0.1, -0.05) is 135 Å². The van der Waals surface area contributed by atoms with Crippen molar-refractivity contribution < 1.29 is 9.47 Å². The van der Waals surface area contributed by atoms with Crippen LogP contribution in [0, 0.1) is 0 Å². The minimum Gasteiger partial charge on any atom is -0.449 e. The lowest BCUT2D eigenvalue weighted by molar-refractivity contribution is 0.360. The number of thiophene rings is 1. The van der Waals surface area contributed by atoms with Gasteiger partial charge in [-0.25, -0.2) is 15.0 Å². The number of benzene rings is 7. The van der Waals surface area contributed by atoms with Gasteiger partial charge in [-0.2, -0.15) is 0 Å². The lowest BCUT2D eigenvalue weighted by Gasteiger charge is -2.25. The molecule has 0 bridgehead atoms. The molecule has 54 heavy (non-hydrogen) atoms. The van der Waals surface area contributed by atoms with Crippen LogP contribution < -0.4 is 9.47 Å². The molecule has 0 unspecified atom stereocenters. The molecule has 6 heteroatoms. The molecule has 9 aromatic rings. The van der Waals surface area contributed by atoms with Crippen molar-refractivity contribution in [1.82, 2.24) is 15.0 Å². The third-order valence-electron chi connectivity index (χ3n) is 10.8. The average molecular weight is 714 g/mol. The van der Waals surface area contributed by atoms with Gasteiger partial charge in [0.1, 0.15) is 0 Å². The van der Waals surface area contributed by atoms with Crippen LogP contribution in [0.3, 0.4) is 0 Å². The fourth-order valence-corrected chi connectivity index (χ4v) is 9.27. The Bertz CT molecular complexity index is 2990. The van der Waals surface area contributed by atoms with E-state index in [1.165, 1.54) is 36.9 Å². The quantitative estimate of drug-likeness (QED) is 0.182. The first-order valence-corrected chi connectivity index (χ1v) is 18.9. The summed E-state index contributed by atoms with van der Waals surface area (Å²) in [7, 11) is 0. The standard InChI is InChI=1S/C48H31N3O2S/c1-48(2)36-18-10-8-17-35(36)43-37(48)23-25-39-44(43)53-38-24-21-29(26-40(38)52-39)31-14-6-7-16-34(31)47-50-45(28-12-4-3-5-13-28)49-46(51-47)30-20-22-33-32-15-9-11-19-41(32)54-42(33)27-30/h3-27H,1-2H3. The Morgan fingerprint density at radius 1 is 0.444 bits per heavy atom. The van der Waals surface area contributed by atoms with Gasteiger partial charge in [0, 0.05) is 47.8 Å². The van der Waals surface area contributed by atoms with Crippen molar-refractivity contribution in [3.63, 3.8) is 0 Å². The zero-order chi connectivity index (χ0) is 36.0. The van der Waals surface area contributed by atoms with E-state index < -0.39 is 0 Å². The predicted molar refractivity (Wildman–Crippen MR) is 219 cm³/mol. The summed E-state index contributed by atoms with van der Waals surface area (Å²) in [5.74, 6) is 4.68. The molecule has 1 aliphatic carbocycles. The molecule has 256 valence electrons. The second kappa shape index (κ2) is 11.7. The van der Waals surface area contributed by atoms with Gasteiger partial charge < -0.3 is 9.47 Å². The van der Waals surface area contributed by atoms with Crippen molar-refractivity contribution >= 4 is 31.5 Å². The lowest BCUT2D eigenvalue weighted by Crippen LogP contribution is -2.15. The van der Waals surface area contributed by atoms with Crippen molar-refractivity contribution in [3.8, 4) is 79.4 Å². The summed E-state index contributed by atoms with van der Waals surface area (Å²) in [4.78, 5) is 15.3. The van der Waals surface area contributed by atoms with Crippen LogP contribution in [0.25, 0.3) is 76.6 Å². The van der Waals surface area contributed by atoms with Gasteiger partial charge in [-0.3, -0.25) is 0 Å². The third kappa shape index (κ3) is 4.73. The topological polar surface area (TPSA) is 57.1 Å². The number of fused-ring (bicyclic) bond motifs is 9. The zero-order valence-electron chi connectivity index (χ0n) is 29.5. The molecule has 0 amide bonds. The van der Waals surface area contributed by atoms with Gasteiger partial charge >= 0.3 is 0 Å². The molecule has 3 heterocycles. The molecule has 2 aromatic heterocycles. The first-order valence-electron chi connectivity index (χ1n) is 18.1. The van der Waals surface area contributed by atoms with Crippen LogP contribution in [0.2, 0.25) is 0 Å². The molecule has 1 aliphatic heterocycles. The fourth-order valence-electron chi connectivity index (χ4n) is 8.13. The fraction of sp³-hybridized carbons (Fsp3) is 0.0625. The van der Waals surface area contributed by atoms with Gasteiger partial charge in [0.25, 0.3) is 0 Å². The van der Waals surface area contributed by atoms with Crippen molar-refractivity contribution in [1.29, 1.82) is 0 Å². The van der Waals surface area contributed by atoms with Gasteiger partial charge in [0.15, 0.2) is 40.5 Å². The number of ether oxygens (including phenoxy) is 2. The molecule has 11 rings (SSSR count). The summed E-state index contributed by atoms with van der Waals surface area (Å²) in [6, 6.07) is 52.4. The summed E-state index contributed by atoms with van der Waals surface area (Å²) in [6.45, 7) is 4.54. The minimum absolute atomic E-state index is 0.126. The summed E-state index contributed by atoms with van der Waals surface area (Å²) in [5, 5.41) is 2.50. The monoisotopic (exact) mass is 713 g/mol. The van der Waals surface area contributed by atoms with Gasteiger partial charge in [-0.15, -0.1) is 11.3 Å². The molecule has 7 aromatic carbocycles. The molecule has 0 radical (unpaired) electrons.